The zero-order valence-corrected chi connectivity index (χ0v) is 14.4. The van der Waals surface area contributed by atoms with E-state index in [-0.39, 0.29) is 11.6 Å². The molecule has 4 rings (SSSR count). The Labute approximate surface area is 150 Å². The van der Waals surface area contributed by atoms with Crippen LogP contribution in [-0.4, -0.2) is 23.2 Å². The van der Waals surface area contributed by atoms with Crippen molar-refractivity contribution in [3.05, 3.63) is 70.1 Å². The molecule has 1 saturated heterocycles. The van der Waals surface area contributed by atoms with Crippen molar-refractivity contribution < 1.29 is 4.74 Å². The van der Waals surface area contributed by atoms with Gasteiger partial charge in [0.1, 0.15) is 11.6 Å². The normalized spacial score (nSPS) is 16.5. The Morgan fingerprint density at radius 2 is 2.08 bits per heavy atom. The molecule has 2 aromatic carbocycles. The maximum atomic E-state index is 13.3. The molecule has 1 fully saturated rings. The minimum atomic E-state index is -0.158. The lowest BCUT2D eigenvalue weighted by Gasteiger charge is -2.18. The number of hydrogen-bond acceptors (Lipinski definition) is 4. The highest BCUT2D eigenvalue weighted by Gasteiger charge is 2.24. The summed E-state index contributed by atoms with van der Waals surface area (Å²) in [7, 11) is 1.61. The molecular weight excluding hydrogens is 328 g/mol. The number of nitrogens with zero attached hydrogens (tertiary/aromatic N) is 3. The van der Waals surface area contributed by atoms with Crippen LogP contribution in [0.25, 0.3) is 21.4 Å². The average molecular weight is 346 g/mol. The molecule has 1 aromatic heterocycles. The maximum Gasteiger partial charge on any atom is 0.264 e. The fourth-order valence-corrected chi connectivity index (χ4v) is 3.38. The molecule has 2 heterocycles. The second-order valence-electron chi connectivity index (χ2n) is 6.27. The highest BCUT2D eigenvalue weighted by Crippen LogP contribution is 2.26. The van der Waals surface area contributed by atoms with Crippen LogP contribution >= 0.6 is 0 Å². The van der Waals surface area contributed by atoms with E-state index in [0.717, 1.165) is 30.8 Å². The van der Waals surface area contributed by atoms with E-state index in [0.29, 0.717) is 22.4 Å². The number of hydrogen-bond donors (Lipinski definition) is 1. The van der Waals surface area contributed by atoms with Crippen molar-refractivity contribution in [2.75, 3.05) is 13.7 Å². The number of benzene rings is 2. The van der Waals surface area contributed by atoms with Crippen molar-refractivity contribution >= 4 is 16.6 Å². The van der Waals surface area contributed by atoms with Crippen LogP contribution in [0.5, 0.6) is 5.75 Å². The Morgan fingerprint density at radius 1 is 1.27 bits per heavy atom. The van der Waals surface area contributed by atoms with E-state index in [1.54, 1.807) is 29.9 Å². The summed E-state index contributed by atoms with van der Waals surface area (Å²) in [5, 5.41) is 3.88. The first kappa shape index (κ1) is 16.3. The summed E-state index contributed by atoms with van der Waals surface area (Å²) in [5.74, 6) is 1.44. The Balaban J connectivity index is 2.00. The minimum Gasteiger partial charge on any atom is -0.497 e. The summed E-state index contributed by atoms with van der Waals surface area (Å²) < 4.78 is 6.87. The SMILES string of the molecule is [C-]#[N+]c1ccc2nc([C@@H]3CCCN3)n(-c3ccc(OC)cc3)c(=O)c2c1. The van der Waals surface area contributed by atoms with Gasteiger partial charge >= 0.3 is 0 Å². The van der Waals surface area contributed by atoms with Gasteiger partial charge in [-0.05, 0) is 55.8 Å². The van der Waals surface area contributed by atoms with Gasteiger partial charge in [0.2, 0.25) is 0 Å². The minimum absolute atomic E-state index is 0.0368. The van der Waals surface area contributed by atoms with E-state index < -0.39 is 0 Å². The van der Waals surface area contributed by atoms with Gasteiger partial charge in [0, 0.05) is 0 Å². The molecule has 1 N–H and O–H groups in total. The van der Waals surface area contributed by atoms with Crippen molar-refractivity contribution in [2.24, 2.45) is 0 Å². The molecule has 0 aliphatic carbocycles. The fourth-order valence-electron chi connectivity index (χ4n) is 3.38. The largest absolute Gasteiger partial charge is 0.497 e. The van der Waals surface area contributed by atoms with Crippen LogP contribution in [-0.2, 0) is 0 Å². The third-order valence-corrected chi connectivity index (χ3v) is 4.71. The number of rotatable bonds is 3. The van der Waals surface area contributed by atoms with Crippen LogP contribution in [0, 0.1) is 6.57 Å². The molecule has 6 nitrogen and oxygen atoms in total. The van der Waals surface area contributed by atoms with E-state index in [1.165, 1.54) is 0 Å². The predicted molar refractivity (Wildman–Crippen MR) is 100 cm³/mol. The average Bonchev–Trinajstić information content (AvgIpc) is 3.22. The van der Waals surface area contributed by atoms with E-state index in [1.807, 2.05) is 24.3 Å². The summed E-state index contributed by atoms with van der Waals surface area (Å²) in [4.78, 5) is 21.5. The molecule has 0 bridgehead atoms. The van der Waals surface area contributed by atoms with Crippen LogP contribution in [0.4, 0.5) is 5.69 Å². The number of aromatic nitrogens is 2. The van der Waals surface area contributed by atoms with Crippen molar-refractivity contribution in [1.82, 2.24) is 14.9 Å². The van der Waals surface area contributed by atoms with Crippen molar-refractivity contribution in [3.63, 3.8) is 0 Å². The standard InChI is InChI=1S/C20H18N4O2/c1-21-13-5-10-17-16(12-13)20(25)24(14-6-8-15(26-2)9-7-14)19(23-17)18-4-3-11-22-18/h5-10,12,18,22H,3-4,11H2,2H3/t18-/m0/s1. The monoisotopic (exact) mass is 346 g/mol. The lowest BCUT2D eigenvalue weighted by molar-refractivity contribution is 0.414. The van der Waals surface area contributed by atoms with Gasteiger partial charge in [-0.3, -0.25) is 9.36 Å². The highest BCUT2D eigenvalue weighted by atomic mass is 16.5. The molecule has 26 heavy (non-hydrogen) atoms. The lowest BCUT2D eigenvalue weighted by atomic mass is 10.1. The van der Waals surface area contributed by atoms with Gasteiger partial charge in [0.25, 0.3) is 5.56 Å². The van der Waals surface area contributed by atoms with Crippen LogP contribution in [0.1, 0.15) is 24.7 Å². The first-order valence-corrected chi connectivity index (χ1v) is 8.53. The molecule has 0 unspecified atom stereocenters. The second kappa shape index (κ2) is 6.62. The molecule has 1 aliphatic heterocycles. The molecule has 130 valence electrons. The summed E-state index contributed by atoms with van der Waals surface area (Å²) in [5.41, 5.74) is 1.64. The quantitative estimate of drug-likeness (QED) is 0.739. The zero-order valence-electron chi connectivity index (χ0n) is 14.4. The van der Waals surface area contributed by atoms with Gasteiger partial charge in [0.15, 0.2) is 5.69 Å². The van der Waals surface area contributed by atoms with Crippen molar-refractivity contribution in [2.45, 2.75) is 18.9 Å². The molecule has 0 saturated carbocycles. The third kappa shape index (κ3) is 2.72. The zero-order chi connectivity index (χ0) is 18.1. The summed E-state index contributed by atoms with van der Waals surface area (Å²) >= 11 is 0. The van der Waals surface area contributed by atoms with E-state index in [9.17, 15) is 4.79 Å². The van der Waals surface area contributed by atoms with Crippen molar-refractivity contribution in [3.8, 4) is 11.4 Å². The molecular formula is C20H18N4O2. The smallest absolute Gasteiger partial charge is 0.264 e. The number of ether oxygens (including phenoxy) is 1. The van der Waals surface area contributed by atoms with E-state index >= 15 is 0 Å². The molecule has 6 heteroatoms. The van der Waals surface area contributed by atoms with Gasteiger partial charge in [-0.15, -0.1) is 0 Å². The maximum absolute atomic E-state index is 13.3. The first-order chi connectivity index (χ1) is 12.7. The van der Waals surface area contributed by atoms with Gasteiger partial charge in [-0.25, -0.2) is 9.83 Å². The molecule has 0 spiro atoms. The highest BCUT2D eigenvalue weighted by molar-refractivity contribution is 5.82. The van der Waals surface area contributed by atoms with Crippen LogP contribution in [0.15, 0.2) is 47.3 Å². The predicted octanol–water partition coefficient (Wildman–Crippen LogP) is 3.37. The molecule has 1 aliphatic rings. The van der Waals surface area contributed by atoms with Crippen LogP contribution in [0.3, 0.4) is 0 Å². The molecule has 0 amide bonds. The number of fused-ring (bicyclic) bond motifs is 1. The van der Waals surface area contributed by atoms with Gasteiger partial charge in [0.05, 0.1) is 36.3 Å². The first-order valence-electron chi connectivity index (χ1n) is 8.53. The molecule has 3 aromatic rings. The fraction of sp³-hybridized carbons (Fsp3) is 0.250. The van der Waals surface area contributed by atoms with Gasteiger partial charge in [-0.2, -0.15) is 0 Å². The topological polar surface area (TPSA) is 60.5 Å². The molecule has 0 radical (unpaired) electrons. The lowest BCUT2D eigenvalue weighted by Crippen LogP contribution is -2.28. The summed E-state index contributed by atoms with van der Waals surface area (Å²) in [6, 6.07) is 12.5. The van der Waals surface area contributed by atoms with E-state index in [2.05, 4.69) is 10.2 Å². The molecule has 1 atom stereocenters. The Kier molecular flexibility index (Phi) is 4.15. The Bertz CT molecular complexity index is 1060. The Hall–Kier alpha value is -3.17. The number of methoxy groups -OCH3 is 1. The Morgan fingerprint density at radius 3 is 2.73 bits per heavy atom. The van der Waals surface area contributed by atoms with Crippen molar-refractivity contribution in [1.29, 1.82) is 0 Å². The third-order valence-electron chi connectivity index (χ3n) is 4.71. The summed E-state index contributed by atoms with van der Waals surface area (Å²) in [6.45, 7) is 8.12. The van der Waals surface area contributed by atoms with Crippen LogP contribution < -0.4 is 15.6 Å². The van der Waals surface area contributed by atoms with E-state index in [4.69, 9.17) is 16.3 Å². The summed E-state index contributed by atoms with van der Waals surface area (Å²) in [6.07, 6.45) is 1.99. The van der Waals surface area contributed by atoms with Gasteiger partial charge < -0.3 is 10.1 Å². The second-order valence-corrected chi connectivity index (χ2v) is 6.27. The number of nitrogens with one attached hydrogen (secondary N) is 1. The van der Waals surface area contributed by atoms with Gasteiger partial charge in [-0.1, -0.05) is 6.07 Å². The van der Waals surface area contributed by atoms with Crippen LogP contribution in [0.2, 0.25) is 0 Å².